The fraction of sp³-hybridized carbons (Fsp3) is 0.933. The lowest BCUT2D eigenvalue weighted by atomic mass is 10.0. The Hall–Kier alpha value is -0.650. The van der Waals surface area contributed by atoms with Crippen LogP contribution in [0, 0.1) is 0 Å². The van der Waals surface area contributed by atoms with E-state index in [1.165, 1.54) is 6.42 Å². The van der Waals surface area contributed by atoms with E-state index in [0.29, 0.717) is 6.61 Å². The maximum absolute atomic E-state index is 12.1. The molecule has 0 amide bonds. The predicted molar refractivity (Wildman–Crippen MR) is 77.7 cm³/mol. The molecule has 0 radical (unpaired) electrons. The van der Waals surface area contributed by atoms with Crippen molar-refractivity contribution in [2.75, 3.05) is 45.9 Å². The molecule has 2 heterocycles. The van der Waals surface area contributed by atoms with E-state index in [1.807, 2.05) is 6.92 Å². The molecule has 2 unspecified atom stereocenters. The van der Waals surface area contributed by atoms with Gasteiger partial charge in [-0.2, -0.15) is 0 Å². The number of rotatable bonds is 5. The van der Waals surface area contributed by atoms with Crippen molar-refractivity contribution in [3.8, 4) is 0 Å². The van der Waals surface area contributed by atoms with Crippen molar-refractivity contribution in [1.82, 2.24) is 9.80 Å². The summed E-state index contributed by atoms with van der Waals surface area (Å²) in [5, 5.41) is 0. The summed E-state index contributed by atoms with van der Waals surface area (Å²) >= 11 is 0. The van der Waals surface area contributed by atoms with E-state index < -0.39 is 0 Å². The fourth-order valence-corrected chi connectivity index (χ4v) is 3.15. The first-order chi connectivity index (χ1) is 9.74. The second-order valence-corrected chi connectivity index (χ2v) is 5.64. The summed E-state index contributed by atoms with van der Waals surface area (Å²) in [7, 11) is 0. The Morgan fingerprint density at radius 3 is 2.90 bits per heavy atom. The lowest BCUT2D eigenvalue weighted by Gasteiger charge is -2.39. The van der Waals surface area contributed by atoms with Crippen molar-refractivity contribution >= 4 is 5.97 Å². The number of esters is 1. The van der Waals surface area contributed by atoms with Gasteiger partial charge in [0.15, 0.2) is 0 Å². The van der Waals surface area contributed by atoms with Crippen LogP contribution in [0.2, 0.25) is 0 Å². The first-order valence-electron chi connectivity index (χ1n) is 7.99. The van der Waals surface area contributed by atoms with Crippen LogP contribution in [0.4, 0.5) is 0 Å². The minimum Gasteiger partial charge on any atom is -0.465 e. The highest BCUT2D eigenvalue weighted by Gasteiger charge is 2.32. The standard InChI is InChI=1S/C15H28N2O3/c1-3-16-9-10-20-13(11-16)12-17-8-6-5-7-14(17)15(18)19-4-2/h13-14H,3-12H2,1-2H3. The van der Waals surface area contributed by atoms with Gasteiger partial charge in [0.1, 0.15) is 6.04 Å². The summed E-state index contributed by atoms with van der Waals surface area (Å²) in [4.78, 5) is 16.7. The van der Waals surface area contributed by atoms with Gasteiger partial charge in [-0.3, -0.25) is 14.6 Å². The zero-order valence-electron chi connectivity index (χ0n) is 12.8. The fourth-order valence-electron chi connectivity index (χ4n) is 3.15. The average Bonchev–Trinajstić information content (AvgIpc) is 2.48. The number of hydrogen-bond donors (Lipinski definition) is 0. The monoisotopic (exact) mass is 284 g/mol. The van der Waals surface area contributed by atoms with Crippen LogP contribution in [0.3, 0.4) is 0 Å². The summed E-state index contributed by atoms with van der Waals surface area (Å²) in [6.07, 6.45) is 3.43. The van der Waals surface area contributed by atoms with Crippen LogP contribution in [0.25, 0.3) is 0 Å². The number of ether oxygens (including phenoxy) is 2. The van der Waals surface area contributed by atoms with Gasteiger partial charge in [0.25, 0.3) is 0 Å². The number of morpholine rings is 1. The Morgan fingerprint density at radius 2 is 2.15 bits per heavy atom. The maximum atomic E-state index is 12.1. The maximum Gasteiger partial charge on any atom is 0.323 e. The molecule has 20 heavy (non-hydrogen) atoms. The highest BCUT2D eigenvalue weighted by Crippen LogP contribution is 2.20. The Kier molecular flexibility index (Phi) is 6.26. The lowest BCUT2D eigenvalue weighted by molar-refractivity contribution is -0.152. The van der Waals surface area contributed by atoms with Crippen molar-refractivity contribution in [2.24, 2.45) is 0 Å². The van der Waals surface area contributed by atoms with Gasteiger partial charge in [-0.15, -0.1) is 0 Å². The number of carbonyl (C=O) groups is 1. The Balaban J connectivity index is 1.89. The van der Waals surface area contributed by atoms with Gasteiger partial charge in [0.05, 0.1) is 19.3 Å². The molecule has 0 spiro atoms. The van der Waals surface area contributed by atoms with Crippen LogP contribution in [0.5, 0.6) is 0 Å². The Labute approximate surface area is 122 Å². The minimum absolute atomic E-state index is 0.0599. The van der Waals surface area contributed by atoms with Crippen LogP contribution in [-0.4, -0.2) is 73.9 Å². The molecule has 0 aromatic carbocycles. The Morgan fingerprint density at radius 1 is 1.30 bits per heavy atom. The minimum atomic E-state index is -0.0655. The molecule has 2 saturated heterocycles. The molecule has 2 rings (SSSR count). The van der Waals surface area contributed by atoms with Crippen LogP contribution >= 0.6 is 0 Å². The number of likely N-dealkylation sites (N-methyl/N-ethyl adjacent to an activating group) is 1. The first kappa shape index (κ1) is 15.7. The van der Waals surface area contributed by atoms with E-state index in [-0.39, 0.29) is 18.1 Å². The quantitative estimate of drug-likeness (QED) is 0.708. The SMILES string of the molecule is CCOC(=O)C1CCCCN1CC1CN(CC)CCO1. The van der Waals surface area contributed by atoms with Gasteiger partial charge in [-0.1, -0.05) is 13.3 Å². The summed E-state index contributed by atoms with van der Waals surface area (Å²) in [6, 6.07) is -0.0655. The lowest BCUT2D eigenvalue weighted by Crippen LogP contribution is -2.53. The van der Waals surface area contributed by atoms with Gasteiger partial charge >= 0.3 is 5.97 Å². The molecule has 0 N–H and O–H groups in total. The zero-order valence-corrected chi connectivity index (χ0v) is 12.8. The van der Waals surface area contributed by atoms with E-state index in [4.69, 9.17) is 9.47 Å². The van der Waals surface area contributed by atoms with Crippen molar-refractivity contribution < 1.29 is 14.3 Å². The smallest absolute Gasteiger partial charge is 0.323 e. The molecule has 5 heteroatoms. The molecule has 2 aliphatic rings. The summed E-state index contributed by atoms with van der Waals surface area (Å²) in [5.74, 6) is -0.0599. The molecule has 0 saturated carbocycles. The van der Waals surface area contributed by atoms with E-state index in [1.54, 1.807) is 0 Å². The molecular formula is C15H28N2O3. The zero-order chi connectivity index (χ0) is 14.4. The number of hydrogen-bond acceptors (Lipinski definition) is 5. The molecule has 5 nitrogen and oxygen atoms in total. The van der Waals surface area contributed by atoms with E-state index in [0.717, 1.165) is 52.2 Å². The van der Waals surface area contributed by atoms with Crippen molar-refractivity contribution in [1.29, 1.82) is 0 Å². The second kappa shape index (κ2) is 7.96. The average molecular weight is 284 g/mol. The van der Waals surface area contributed by atoms with Gasteiger partial charge in [-0.25, -0.2) is 0 Å². The molecule has 0 aromatic rings. The van der Waals surface area contributed by atoms with Gasteiger partial charge < -0.3 is 9.47 Å². The Bertz CT molecular complexity index is 311. The topological polar surface area (TPSA) is 42.0 Å². The first-order valence-corrected chi connectivity index (χ1v) is 7.99. The molecule has 0 bridgehead atoms. The van der Waals surface area contributed by atoms with E-state index >= 15 is 0 Å². The van der Waals surface area contributed by atoms with Crippen molar-refractivity contribution in [2.45, 2.75) is 45.3 Å². The van der Waals surface area contributed by atoms with Crippen molar-refractivity contribution in [3.05, 3.63) is 0 Å². The summed E-state index contributed by atoms with van der Waals surface area (Å²) in [6.45, 7) is 10.2. The van der Waals surface area contributed by atoms with E-state index in [9.17, 15) is 4.79 Å². The van der Waals surface area contributed by atoms with Crippen LogP contribution in [0.15, 0.2) is 0 Å². The van der Waals surface area contributed by atoms with Gasteiger partial charge in [0, 0.05) is 19.6 Å². The second-order valence-electron chi connectivity index (χ2n) is 5.64. The number of carbonyl (C=O) groups excluding carboxylic acids is 1. The molecular weight excluding hydrogens is 256 g/mol. The largest absolute Gasteiger partial charge is 0.465 e. The van der Waals surface area contributed by atoms with E-state index in [2.05, 4.69) is 16.7 Å². The number of nitrogens with zero attached hydrogens (tertiary/aromatic N) is 2. The highest BCUT2D eigenvalue weighted by molar-refractivity contribution is 5.75. The summed E-state index contributed by atoms with van der Waals surface area (Å²) < 4.78 is 11.1. The van der Waals surface area contributed by atoms with Crippen molar-refractivity contribution in [3.63, 3.8) is 0 Å². The van der Waals surface area contributed by atoms with Crippen LogP contribution in [0.1, 0.15) is 33.1 Å². The van der Waals surface area contributed by atoms with Crippen LogP contribution in [-0.2, 0) is 14.3 Å². The molecule has 0 aromatic heterocycles. The summed E-state index contributed by atoms with van der Waals surface area (Å²) in [5.41, 5.74) is 0. The molecule has 0 aliphatic carbocycles. The third kappa shape index (κ3) is 4.17. The predicted octanol–water partition coefficient (Wildman–Crippen LogP) is 1.12. The molecule has 2 aliphatic heterocycles. The molecule has 2 atom stereocenters. The number of likely N-dealkylation sites (tertiary alicyclic amines) is 1. The molecule has 116 valence electrons. The third-order valence-corrected chi connectivity index (χ3v) is 4.28. The van der Waals surface area contributed by atoms with Gasteiger partial charge in [-0.05, 0) is 32.9 Å². The normalized spacial score (nSPS) is 29.3. The van der Waals surface area contributed by atoms with Gasteiger partial charge in [0.2, 0.25) is 0 Å². The third-order valence-electron chi connectivity index (χ3n) is 4.28. The number of piperidine rings is 1. The van der Waals surface area contributed by atoms with Crippen LogP contribution < -0.4 is 0 Å². The highest BCUT2D eigenvalue weighted by atomic mass is 16.5. The molecule has 2 fully saturated rings.